The van der Waals surface area contributed by atoms with Gasteiger partial charge in [-0.2, -0.15) is 0 Å². The third-order valence-electron chi connectivity index (χ3n) is 4.50. The van der Waals surface area contributed by atoms with E-state index >= 15 is 0 Å². The Hall–Kier alpha value is -1.65. The van der Waals surface area contributed by atoms with Crippen LogP contribution >= 0.6 is 11.3 Å². The molecular weight excluding hydrogens is 304 g/mol. The predicted molar refractivity (Wildman–Crippen MR) is 97.1 cm³/mol. The van der Waals surface area contributed by atoms with E-state index in [0.29, 0.717) is 6.04 Å². The molecule has 3 nitrogen and oxygen atoms in total. The number of amides is 1. The van der Waals surface area contributed by atoms with E-state index in [2.05, 4.69) is 36.2 Å². The van der Waals surface area contributed by atoms with Gasteiger partial charge in [-0.15, -0.1) is 11.3 Å². The summed E-state index contributed by atoms with van der Waals surface area (Å²) in [5.74, 6) is 0.0475. The molecule has 0 saturated carbocycles. The Morgan fingerprint density at radius 1 is 1.26 bits per heavy atom. The predicted octanol–water partition coefficient (Wildman–Crippen LogP) is 3.94. The Morgan fingerprint density at radius 3 is 2.65 bits per heavy atom. The van der Waals surface area contributed by atoms with E-state index in [1.807, 2.05) is 24.3 Å². The molecule has 1 N–H and O–H groups in total. The summed E-state index contributed by atoms with van der Waals surface area (Å²) in [5, 5.41) is 3.10. The highest BCUT2D eigenvalue weighted by atomic mass is 32.1. The van der Waals surface area contributed by atoms with Crippen molar-refractivity contribution in [3.8, 4) is 10.4 Å². The standard InChI is InChI=1S/C19H24N2OS/c1-14-12-17(23-18(14)16-8-4-3-5-9-16)19(22)20-13-15(2)21-10-6-7-11-21/h3-5,8-9,12,15H,6-7,10-11,13H2,1-2H3,(H,20,22)/t15-/m0/s1. The summed E-state index contributed by atoms with van der Waals surface area (Å²) in [6.07, 6.45) is 2.56. The average Bonchev–Trinajstić information content (AvgIpc) is 3.23. The fraction of sp³-hybridized carbons (Fsp3) is 0.421. The molecule has 3 rings (SSSR count). The second-order valence-electron chi connectivity index (χ2n) is 6.29. The van der Waals surface area contributed by atoms with Gasteiger partial charge in [-0.05, 0) is 57.0 Å². The number of nitrogens with one attached hydrogen (secondary N) is 1. The van der Waals surface area contributed by atoms with E-state index in [0.717, 1.165) is 24.5 Å². The summed E-state index contributed by atoms with van der Waals surface area (Å²) in [7, 11) is 0. The molecule has 2 heterocycles. The molecule has 1 aliphatic rings. The second kappa shape index (κ2) is 7.28. The second-order valence-corrected chi connectivity index (χ2v) is 7.34. The smallest absolute Gasteiger partial charge is 0.261 e. The highest BCUT2D eigenvalue weighted by Gasteiger charge is 2.19. The van der Waals surface area contributed by atoms with Crippen LogP contribution in [0.2, 0.25) is 0 Å². The summed E-state index contributed by atoms with van der Waals surface area (Å²) < 4.78 is 0. The average molecular weight is 328 g/mol. The molecular formula is C19H24N2OS. The molecule has 1 fully saturated rings. The maximum atomic E-state index is 12.4. The first-order chi connectivity index (χ1) is 11.1. The number of hydrogen-bond donors (Lipinski definition) is 1. The number of aryl methyl sites for hydroxylation is 1. The lowest BCUT2D eigenvalue weighted by atomic mass is 10.1. The van der Waals surface area contributed by atoms with E-state index < -0.39 is 0 Å². The molecule has 0 radical (unpaired) electrons. The van der Waals surface area contributed by atoms with E-state index in [9.17, 15) is 4.79 Å². The molecule has 1 aromatic carbocycles. The van der Waals surface area contributed by atoms with Crippen molar-refractivity contribution in [2.45, 2.75) is 32.7 Å². The minimum atomic E-state index is 0.0475. The number of benzene rings is 1. The first-order valence-corrected chi connectivity index (χ1v) is 9.15. The molecule has 2 aromatic rings. The SMILES string of the molecule is Cc1cc(C(=O)NC[C@H](C)N2CCCC2)sc1-c1ccccc1. The molecule has 1 aliphatic heterocycles. The Balaban J connectivity index is 1.64. The normalized spacial score (nSPS) is 16.4. The largest absolute Gasteiger partial charge is 0.350 e. The van der Waals surface area contributed by atoms with Crippen molar-refractivity contribution in [3.05, 3.63) is 46.8 Å². The van der Waals surface area contributed by atoms with Crippen molar-refractivity contribution in [1.29, 1.82) is 0 Å². The van der Waals surface area contributed by atoms with Gasteiger partial charge < -0.3 is 5.32 Å². The quantitative estimate of drug-likeness (QED) is 0.902. The molecule has 0 unspecified atom stereocenters. The van der Waals surface area contributed by atoms with Crippen molar-refractivity contribution in [3.63, 3.8) is 0 Å². The molecule has 122 valence electrons. The number of nitrogens with zero attached hydrogens (tertiary/aromatic N) is 1. The summed E-state index contributed by atoms with van der Waals surface area (Å²) in [6.45, 7) is 7.31. The highest BCUT2D eigenvalue weighted by molar-refractivity contribution is 7.17. The number of hydrogen-bond acceptors (Lipinski definition) is 3. The lowest BCUT2D eigenvalue weighted by Gasteiger charge is -2.23. The first kappa shape index (κ1) is 16.2. The lowest BCUT2D eigenvalue weighted by molar-refractivity contribution is 0.0944. The van der Waals surface area contributed by atoms with Crippen molar-refractivity contribution in [2.24, 2.45) is 0 Å². The van der Waals surface area contributed by atoms with Gasteiger partial charge in [0.2, 0.25) is 0 Å². The number of carbonyl (C=O) groups is 1. The van der Waals surface area contributed by atoms with Gasteiger partial charge in [-0.3, -0.25) is 9.69 Å². The molecule has 1 aromatic heterocycles. The molecule has 4 heteroatoms. The van der Waals surface area contributed by atoms with Gasteiger partial charge >= 0.3 is 0 Å². The summed E-state index contributed by atoms with van der Waals surface area (Å²) in [4.78, 5) is 16.9. The Bertz CT molecular complexity index is 659. The Morgan fingerprint density at radius 2 is 1.96 bits per heavy atom. The Labute approximate surface area is 142 Å². The van der Waals surface area contributed by atoms with Gasteiger partial charge in [0.15, 0.2) is 0 Å². The number of rotatable bonds is 5. The van der Waals surface area contributed by atoms with Gasteiger partial charge in [-0.25, -0.2) is 0 Å². The van der Waals surface area contributed by atoms with Crippen molar-refractivity contribution in [2.75, 3.05) is 19.6 Å². The zero-order chi connectivity index (χ0) is 16.2. The molecule has 1 amide bonds. The monoisotopic (exact) mass is 328 g/mol. The van der Waals surface area contributed by atoms with Crippen LogP contribution in [0.4, 0.5) is 0 Å². The maximum Gasteiger partial charge on any atom is 0.261 e. The van der Waals surface area contributed by atoms with E-state index in [1.165, 1.54) is 28.8 Å². The zero-order valence-corrected chi connectivity index (χ0v) is 14.7. The lowest BCUT2D eigenvalue weighted by Crippen LogP contribution is -2.40. The molecule has 0 spiro atoms. The Kier molecular flexibility index (Phi) is 5.13. The molecule has 0 bridgehead atoms. The number of likely N-dealkylation sites (tertiary alicyclic amines) is 1. The van der Waals surface area contributed by atoms with E-state index in [4.69, 9.17) is 0 Å². The first-order valence-electron chi connectivity index (χ1n) is 8.33. The fourth-order valence-corrected chi connectivity index (χ4v) is 4.20. The third kappa shape index (κ3) is 3.82. The highest BCUT2D eigenvalue weighted by Crippen LogP contribution is 2.32. The maximum absolute atomic E-state index is 12.4. The minimum Gasteiger partial charge on any atom is -0.350 e. The number of thiophene rings is 1. The topological polar surface area (TPSA) is 32.3 Å². The summed E-state index contributed by atoms with van der Waals surface area (Å²) in [5.41, 5.74) is 2.35. The van der Waals surface area contributed by atoms with Crippen LogP contribution in [0.5, 0.6) is 0 Å². The van der Waals surface area contributed by atoms with Gasteiger partial charge in [-0.1, -0.05) is 30.3 Å². The van der Waals surface area contributed by atoms with Crippen molar-refractivity contribution < 1.29 is 4.79 Å². The van der Waals surface area contributed by atoms with E-state index in [1.54, 1.807) is 11.3 Å². The van der Waals surface area contributed by atoms with Crippen LogP contribution in [-0.4, -0.2) is 36.5 Å². The third-order valence-corrected chi connectivity index (χ3v) is 5.78. The summed E-state index contributed by atoms with van der Waals surface area (Å²) in [6, 6.07) is 12.7. The van der Waals surface area contributed by atoms with Gasteiger partial charge in [0.25, 0.3) is 5.91 Å². The van der Waals surface area contributed by atoms with Crippen molar-refractivity contribution in [1.82, 2.24) is 10.2 Å². The molecule has 0 aliphatic carbocycles. The van der Waals surface area contributed by atoms with Crippen LogP contribution in [0.3, 0.4) is 0 Å². The van der Waals surface area contributed by atoms with Crippen LogP contribution in [0.25, 0.3) is 10.4 Å². The van der Waals surface area contributed by atoms with Gasteiger partial charge in [0, 0.05) is 17.5 Å². The fourth-order valence-electron chi connectivity index (χ4n) is 3.11. The molecule has 23 heavy (non-hydrogen) atoms. The van der Waals surface area contributed by atoms with E-state index in [-0.39, 0.29) is 5.91 Å². The molecule has 1 saturated heterocycles. The summed E-state index contributed by atoms with van der Waals surface area (Å²) >= 11 is 1.58. The number of carbonyl (C=O) groups excluding carboxylic acids is 1. The molecule has 1 atom stereocenters. The van der Waals surface area contributed by atoms with Gasteiger partial charge in [0.1, 0.15) is 0 Å². The van der Waals surface area contributed by atoms with Crippen molar-refractivity contribution >= 4 is 17.2 Å². The minimum absolute atomic E-state index is 0.0475. The van der Waals surface area contributed by atoms with Crippen LogP contribution in [0.15, 0.2) is 36.4 Å². The zero-order valence-electron chi connectivity index (χ0n) is 13.8. The van der Waals surface area contributed by atoms with Crippen LogP contribution < -0.4 is 5.32 Å². The van der Waals surface area contributed by atoms with Crippen LogP contribution in [0, 0.1) is 6.92 Å². The van der Waals surface area contributed by atoms with Gasteiger partial charge in [0.05, 0.1) is 4.88 Å². The van der Waals surface area contributed by atoms with Crippen LogP contribution in [0.1, 0.15) is 35.0 Å². The van der Waals surface area contributed by atoms with Crippen LogP contribution in [-0.2, 0) is 0 Å².